The lowest BCUT2D eigenvalue weighted by molar-refractivity contribution is -0.297. The maximum atomic E-state index is 13.5. The van der Waals surface area contributed by atoms with Crippen molar-refractivity contribution in [1.82, 2.24) is 9.99 Å². The molecule has 1 atom stereocenters. The first-order chi connectivity index (χ1) is 12.1. The number of nitrogens with zero attached hydrogens (tertiary/aromatic N) is 3. The van der Waals surface area contributed by atoms with E-state index in [-0.39, 0.29) is 21.8 Å². The number of alkyl halides is 3. The number of aromatic nitrogens is 1. The monoisotopic (exact) mass is 365 g/mol. The molecule has 2 N–H and O–H groups in total. The molecule has 1 aromatic heterocycles. The van der Waals surface area contributed by atoms with E-state index in [0.29, 0.717) is 5.56 Å². The molecule has 1 aliphatic rings. The van der Waals surface area contributed by atoms with E-state index in [4.69, 9.17) is 0 Å². The fourth-order valence-corrected chi connectivity index (χ4v) is 2.62. The molecule has 0 unspecified atom stereocenters. The number of hydrogen-bond donors (Lipinski definition) is 2. The third kappa shape index (κ3) is 2.80. The average Bonchev–Trinajstić information content (AvgIpc) is 2.96. The van der Waals surface area contributed by atoms with Crippen molar-refractivity contribution in [3.05, 3.63) is 59.4 Å². The number of pyridine rings is 1. The van der Waals surface area contributed by atoms with Crippen LogP contribution in [0.3, 0.4) is 0 Å². The number of rotatable bonds is 2. The number of hydrazone groups is 1. The predicted octanol–water partition coefficient (Wildman–Crippen LogP) is 2.60. The van der Waals surface area contributed by atoms with Gasteiger partial charge in [-0.15, -0.1) is 0 Å². The summed E-state index contributed by atoms with van der Waals surface area (Å²) in [6, 6.07) is 7.05. The molecule has 0 saturated carbocycles. The van der Waals surface area contributed by atoms with Gasteiger partial charge in [-0.05, 0) is 24.6 Å². The Morgan fingerprint density at radius 3 is 2.62 bits per heavy atom. The van der Waals surface area contributed by atoms with Crippen LogP contribution >= 0.6 is 0 Å². The van der Waals surface area contributed by atoms with Gasteiger partial charge in [-0.1, -0.05) is 18.2 Å². The van der Waals surface area contributed by atoms with Gasteiger partial charge in [0.15, 0.2) is 0 Å². The van der Waals surface area contributed by atoms with Crippen molar-refractivity contribution in [2.45, 2.75) is 25.2 Å². The second-order valence-corrected chi connectivity index (χ2v) is 5.87. The molecule has 1 aliphatic heterocycles. The summed E-state index contributed by atoms with van der Waals surface area (Å²) in [5.74, 6) is -1.73. The normalized spacial score (nSPS) is 20.2. The van der Waals surface area contributed by atoms with Gasteiger partial charge in [0.25, 0.3) is 11.6 Å². The fraction of sp³-hybridized carbons (Fsp3) is 0.235. The van der Waals surface area contributed by atoms with Gasteiger partial charge in [0.05, 0.1) is 17.7 Å². The molecular formula is C17H14F3N3O3. The van der Waals surface area contributed by atoms with Gasteiger partial charge >= 0.3 is 6.18 Å². The third-order valence-electron chi connectivity index (χ3n) is 4.09. The van der Waals surface area contributed by atoms with Crippen LogP contribution in [0.1, 0.15) is 27.9 Å². The van der Waals surface area contributed by atoms with Crippen LogP contribution in [0.4, 0.5) is 13.2 Å². The topological polar surface area (TPSA) is 86.0 Å². The quantitative estimate of drug-likeness (QED) is 0.857. The zero-order chi connectivity index (χ0) is 19.1. The predicted molar refractivity (Wildman–Crippen MR) is 85.4 cm³/mol. The van der Waals surface area contributed by atoms with E-state index in [1.807, 2.05) is 0 Å². The summed E-state index contributed by atoms with van der Waals surface area (Å²) >= 11 is 0. The van der Waals surface area contributed by atoms with Crippen LogP contribution in [0, 0.1) is 6.92 Å². The molecule has 3 rings (SSSR count). The van der Waals surface area contributed by atoms with Crippen molar-refractivity contribution >= 4 is 11.6 Å². The summed E-state index contributed by atoms with van der Waals surface area (Å²) in [6.07, 6.45) is -3.38. The fourth-order valence-electron chi connectivity index (χ4n) is 2.62. The maximum Gasteiger partial charge on any atom is 0.438 e. The van der Waals surface area contributed by atoms with Crippen molar-refractivity contribution in [3.63, 3.8) is 0 Å². The number of carbonyl (C=O) groups is 1. The molecule has 0 aliphatic carbocycles. The Hall–Kier alpha value is -2.94. The molecule has 6 nitrogen and oxygen atoms in total. The Morgan fingerprint density at radius 2 is 2.00 bits per heavy atom. The van der Waals surface area contributed by atoms with E-state index in [0.717, 1.165) is 0 Å². The number of aliphatic hydroxyl groups is 1. The van der Waals surface area contributed by atoms with Crippen LogP contribution < -0.4 is 0 Å². The first kappa shape index (κ1) is 17.9. The Kier molecular flexibility index (Phi) is 4.19. The van der Waals surface area contributed by atoms with Gasteiger partial charge in [-0.2, -0.15) is 23.3 Å². The van der Waals surface area contributed by atoms with Crippen molar-refractivity contribution in [1.29, 1.82) is 0 Å². The second kappa shape index (κ2) is 6.10. The van der Waals surface area contributed by atoms with E-state index in [1.165, 1.54) is 49.6 Å². The molecule has 1 aromatic carbocycles. The summed E-state index contributed by atoms with van der Waals surface area (Å²) < 4.78 is 40.6. The van der Waals surface area contributed by atoms with Crippen molar-refractivity contribution in [2.24, 2.45) is 5.10 Å². The lowest BCUT2D eigenvalue weighted by atomic mass is 10.0. The number of benzene rings is 1. The average molecular weight is 365 g/mol. The van der Waals surface area contributed by atoms with Crippen molar-refractivity contribution in [3.8, 4) is 5.75 Å². The SMILES string of the molecule is Cc1cccc(C(=O)N2N=C(c3cccnc3)C[C@]2(O)C(F)(F)F)c1O. The Labute approximate surface area is 146 Å². The van der Waals surface area contributed by atoms with Crippen molar-refractivity contribution < 1.29 is 28.2 Å². The number of aromatic hydroxyl groups is 1. The smallest absolute Gasteiger partial charge is 0.438 e. The first-order valence-corrected chi connectivity index (χ1v) is 7.55. The molecule has 0 spiro atoms. The van der Waals surface area contributed by atoms with Gasteiger partial charge in [-0.3, -0.25) is 9.78 Å². The lowest BCUT2D eigenvalue weighted by Crippen LogP contribution is -2.56. The molecule has 0 bridgehead atoms. The van der Waals surface area contributed by atoms with E-state index in [9.17, 15) is 28.2 Å². The Morgan fingerprint density at radius 1 is 1.27 bits per heavy atom. The molecule has 0 saturated heterocycles. The second-order valence-electron chi connectivity index (χ2n) is 5.87. The number of para-hydroxylation sites is 1. The van der Waals surface area contributed by atoms with Gasteiger partial charge in [0, 0.05) is 18.0 Å². The number of amides is 1. The Bertz CT molecular complexity index is 884. The zero-order valence-electron chi connectivity index (χ0n) is 13.5. The van der Waals surface area contributed by atoms with Crippen molar-refractivity contribution in [2.75, 3.05) is 0 Å². The van der Waals surface area contributed by atoms with Crippen LogP contribution in [0.25, 0.3) is 0 Å². The van der Waals surface area contributed by atoms with Crippen LogP contribution in [-0.2, 0) is 0 Å². The third-order valence-corrected chi connectivity index (χ3v) is 4.09. The summed E-state index contributed by atoms with van der Waals surface area (Å²) in [5, 5.41) is 24.0. The van der Waals surface area contributed by atoms with Gasteiger partial charge < -0.3 is 10.2 Å². The number of halogens is 3. The summed E-state index contributed by atoms with van der Waals surface area (Å²) in [7, 11) is 0. The minimum absolute atomic E-state index is 0.0240. The van der Waals surface area contributed by atoms with Crippen LogP contribution in [0.2, 0.25) is 0 Å². The maximum absolute atomic E-state index is 13.5. The molecular weight excluding hydrogens is 351 g/mol. The van der Waals surface area contributed by atoms with Gasteiger partial charge in [0.2, 0.25) is 0 Å². The summed E-state index contributed by atoms with van der Waals surface area (Å²) in [4.78, 5) is 16.4. The van der Waals surface area contributed by atoms with E-state index < -0.39 is 30.0 Å². The highest BCUT2D eigenvalue weighted by molar-refractivity contribution is 6.05. The number of hydrogen-bond acceptors (Lipinski definition) is 5. The molecule has 26 heavy (non-hydrogen) atoms. The largest absolute Gasteiger partial charge is 0.507 e. The molecule has 9 heteroatoms. The molecule has 2 heterocycles. The van der Waals surface area contributed by atoms with Gasteiger partial charge in [0.1, 0.15) is 5.75 Å². The number of phenols is 1. The standard InChI is InChI=1S/C17H14F3N3O3/c1-10-4-2-6-12(14(10)24)15(25)23-16(26,17(18,19)20)8-13(22-23)11-5-3-7-21-9-11/h2-7,9,24,26H,8H2,1H3/t16-/m0/s1. The summed E-state index contributed by atoms with van der Waals surface area (Å²) in [6.45, 7) is 1.50. The van der Waals surface area contributed by atoms with Crippen LogP contribution in [0.5, 0.6) is 5.75 Å². The van der Waals surface area contributed by atoms with E-state index in [2.05, 4.69) is 10.1 Å². The van der Waals surface area contributed by atoms with Crippen LogP contribution in [0.15, 0.2) is 47.8 Å². The number of carbonyl (C=O) groups excluding carboxylic acids is 1. The Balaban J connectivity index is 2.09. The highest BCUT2D eigenvalue weighted by Gasteiger charge is 2.63. The zero-order valence-corrected chi connectivity index (χ0v) is 13.5. The van der Waals surface area contributed by atoms with Crippen LogP contribution in [-0.4, -0.2) is 43.7 Å². The highest BCUT2D eigenvalue weighted by atomic mass is 19.4. The number of phenolic OH excluding ortho intramolecular Hbond substituents is 1. The van der Waals surface area contributed by atoms with Gasteiger partial charge in [-0.25, -0.2) is 0 Å². The van der Waals surface area contributed by atoms with E-state index in [1.54, 1.807) is 0 Å². The molecule has 2 aromatic rings. The number of aryl methyl sites for hydroxylation is 1. The minimum atomic E-state index is -5.16. The molecule has 1 amide bonds. The summed E-state index contributed by atoms with van der Waals surface area (Å²) in [5.41, 5.74) is -3.49. The molecule has 136 valence electrons. The molecule has 0 fully saturated rings. The highest BCUT2D eigenvalue weighted by Crippen LogP contribution is 2.42. The lowest BCUT2D eigenvalue weighted by Gasteiger charge is -2.32. The minimum Gasteiger partial charge on any atom is -0.507 e. The molecule has 0 radical (unpaired) electrons. The van der Waals surface area contributed by atoms with E-state index >= 15 is 0 Å². The first-order valence-electron chi connectivity index (χ1n) is 7.55.